The minimum atomic E-state index is -0.174. The molecule has 0 unspecified atom stereocenters. The Hall–Kier alpha value is -2.49. The number of anilines is 1. The van der Waals surface area contributed by atoms with Gasteiger partial charge in [-0.3, -0.25) is 0 Å². The Bertz CT molecular complexity index is 636. The Kier molecular flexibility index (Phi) is 6.03. The van der Waals surface area contributed by atoms with Crippen molar-refractivity contribution in [2.45, 2.75) is 26.2 Å². The van der Waals surface area contributed by atoms with Crippen molar-refractivity contribution in [3.05, 3.63) is 59.7 Å². The molecule has 0 aliphatic carbocycles. The predicted octanol–water partition coefficient (Wildman–Crippen LogP) is 4.18. The van der Waals surface area contributed by atoms with Crippen molar-refractivity contribution in [1.29, 1.82) is 0 Å². The Labute approximate surface area is 137 Å². The summed E-state index contributed by atoms with van der Waals surface area (Å²) in [5.74, 6) is 1.20. The van der Waals surface area contributed by atoms with E-state index in [1.54, 1.807) is 7.11 Å². The highest BCUT2D eigenvalue weighted by Crippen LogP contribution is 2.23. The summed E-state index contributed by atoms with van der Waals surface area (Å²) in [6.45, 7) is 4.81. The maximum atomic E-state index is 12.0. The number of methoxy groups -OCH3 is 1. The van der Waals surface area contributed by atoms with E-state index in [1.165, 1.54) is 0 Å². The van der Waals surface area contributed by atoms with Crippen LogP contribution in [0, 0.1) is 0 Å². The third-order valence-corrected chi connectivity index (χ3v) is 3.69. The smallest absolute Gasteiger partial charge is 0.319 e. The summed E-state index contributed by atoms with van der Waals surface area (Å²) in [6, 6.07) is 15.6. The van der Waals surface area contributed by atoms with Gasteiger partial charge < -0.3 is 15.4 Å². The molecule has 0 aromatic heterocycles. The highest BCUT2D eigenvalue weighted by atomic mass is 16.5. The zero-order chi connectivity index (χ0) is 16.7. The summed E-state index contributed by atoms with van der Waals surface area (Å²) in [6.07, 6.45) is 0.781. The molecule has 0 atom stereocenters. The van der Waals surface area contributed by atoms with Crippen LogP contribution in [0.15, 0.2) is 48.5 Å². The van der Waals surface area contributed by atoms with Crippen LogP contribution >= 0.6 is 0 Å². The Balaban J connectivity index is 1.83. The molecule has 2 N–H and O–H groups in total. The molecule has 2 amide bonds. The standard InChI is InChI=1S/C19H24N2O2/c1-14(2)17-6-4-5-7-18(17)21-19(22)20-13-12-15-8-10-16(23-3)11-9-15/h4-11,14H,12-13H2,1-3H3,(H2,20,21,22). The lowest BCUT2D eigenvalue weighted by molar-refractivity contribution is 0.252. The maximum Gasteiger partial charge on any atom is 0.319 e. The van der Waals surface area contributed by atoms with Gasteiger partial charge in [0.25, 0.3) is 0 Å². The molecule has 0 bridgehead atoms. The number of hydrogen-bond donors (Lipinski definition) is 2. The molecular formula is C19H24N2O2. The van der Waals surface area contributed by atoms with Gasteiger partial charge in [0.15, 0.2) is 0 Å². The lowest BCUT2D eigenvalue weighted by Crippen LogP contribution is -2.30. The minimum absolute atomic E-state index is 0.174. The van der Waals surface area contributed by atoms with Crippen molar-refractivity contribution in [1.82, 2.24) is 5.32 Å². The number of nitrogens with one attached hydrogen (secondary N) is 2. The van der Waals surface area contributed by atoms with E-state index in [2.05, 4.69) is 24.5 Å². The van der Waals surface area contributed by atoms with E-state index >= 15 is 0 Å². The summed E-state index contributed by atoms with van der Waals surface area (Å²) in [5.41, 5.74) is 3.16. The quantitative estimate of drug-likeness (QED) is 0.840. The number of ether oxygens (including phenoxy) is 1. The summed E-state index contributed by atoms with van der Waals surface area (Å²) in [5, 5.41) is 5.82. The van der Waals surface area contributed by atoms with Crippen LogP contribution in [0.4, 0.5) is 10.5 Å². The third-order valence-electron chi connectivity index (χ3n) is 3.69. The van der Waals surface area contributed by atoms with Gasteiger partial charge in [0.05, 0.1) is 7.11 Å². The molecule has 0 heterocycles. The van der Waals surface area contributed by atoms with Crippen LogP contribution in [0.25, 0.3) is 0 Å². The van der Waals surface area contributed by atoms with Gasteiger partial charge in [-0.05, 0) is 41.7 Å². The highest BCUT2D eigenvalue weighted by Gasteiger charge is 2.08. The van der Waals surface area contributed by atoms with Crippen LogP contribution < -0.4 is 15.4 Å². The first kappa shape index (κ1) is 16.9. The van der Waals surface area contributed by atoms with Crippen LogP contribution in [0.1, 0.15) is 30.9 Å². The van der Waals surface area contributed by atoms with Crippen LogP contribution in [0.5, 0.6) is 5.75 Å². The molecule has 0 aliphatic rings. The van der Waals surface area contributed by atoms with Gasteiger partial charge in [-0.15, -0.1) is 0 Å². The fraction of sp³-hybridized carbons (Fsp3) is 0.316. The van der Waals surface area contributed by atoms with Crippen molar-refractivity contribution >= 4 is 11.7 Å². The molecule has 0 spiro atoms. The first-order chi connectivity index (χ1) is 11.1. The molecule has 2 rings (SSSR count). The average Bonchev–Trinajstić information content (AvgIpc) is 2.56. The lowest BCUT2D eigenvalue weighted by atomic mass is 10.0. The van der Waals surface area contributed by atoms with Crippen LogP contribution in [-0.2, 0) is 6.42 Å². The molecular weight excluding hydrogens is 288 g/mol. The molecule has 2 aromatic rings. The molecule has 0 saturated heterocycles. The summed E-state index contributed by atoms with van der Waals surface area (Å²) in [7, 11) is 1.65. The van der Waals surface area contributed by atoms with Gasteiger partial charge in [-0.25, -0.2) is 4.79 Å². The topological polar surface area (TPSA) is 50.4 Å². The third kappa shape index (κ3) is 5.02. The summed E-state index contributed by atoms with van der Waals surface area (Å²) in [4.78, 5) is 12.0. The fourth-order valence-electron chi connectivity index (χ4n) is 2.39. The first-order valence-electron chi connectivity index (χ1n) is 7.87. The molecule has 2 aromatic carbocycles. The van der Waals surface area contributed by atoms with E-state index in [1.807, 2.05) is 48.5 Å². The Morgan fingerprint density at radius 3 is 2.43 bits per heavy atom. The molecule has 23 heavy (non-hydrogen) atoms. The Morgan fingerprint density at radius 2 is 1.78 bits per heavy atom. The van der Waals surface area contributed by atoms with Gasteiger partial charge in [0, 0.05) is 12.2 Å². The highest BCUT2D eigenvalue weighted by molar-refractivity contribution is 5.90. The zero-order valence-electron chi connectivity index (χ0n) is 13.9. The van der Waals surface area contributed by atoms with Crippen LogP contribution in [0.2, 0.25) is 0 Å². The fourth-order valence-corrected chi connectivity index (χ4v) is 2.39. The Morgan fingerprint density at radius 1 is 1.09 bits per heavy atom. The van der Waals surface area contributed by atoms with Crippen molar-refractivity contribution in [2.24, 2.45) is 0 Å². The van der Waals surface area contributed by atoms with Crippen molar-refractivity contribution in [3.63, 3.8) is 0 Å². The van der Waals surface area contributed by atoms with Gasteiger partial charge in [-0.1, -0.05) is 44.2 Å². The lowest BCUT2D eigenvalue weighted by Gasteiger charge is -2.14. The number of rotatable bonds is 6. The minimum Gasteiger partial charge on any atom is -0.497 e. The molecule has 0 fully saturated rings. The monoisotopic (exact) mass is 312 g/mol. The van der Waals surface area contributed by atoms with E-state index < -0.39 is 0 Å². The van der Waals surface area contributed by atoms with Crippen LogP contribution in [-0.4, -0.2) is 19.7 Å². The van der Waals surface area contributed by atoms with Crippen molar-refractivity contribution in [2.75, 3.05) is 19.0 Å². The molecule has 0 radical (unpaired) electrons. The zero-order valence-corrected chi connectivity index (χ0v) is 13.9. The number of benzene rings is 2. The largest absolute Gasteiger partial charge is 0.497 e. The maximum absolute atomic E-state index is 12.0. The SMILES string of the molecule is COc1ccc(CCNC(=O)Nc2ccccc2C(C)C)cc1. The number of para-hydroxylation sites is 1. The van der Waals surface area contributed by atoms with Gasteiger partial charge in [0.2, 0.25) is 0 Å². The van der Waals surface area contributed by atoms with Gasteiger partial charge >= 0.3 is 6.03 Å². The molecule has 0 aliphatic heterocycles. The van der Waals surface area contributed by atoms with Gasteiger partial charge in [-0.2, -0.15) is 0 Å². The predicted molar refractivity (Wildman–Crippen MR) is 94.3 cm³/mol. The average molecular weight is 312 g/mol. The first-order valence-corrected chi connectivity index (χ1v) is 7.87. The molecule has 4 heteroatoms. The van der Waals surface area contributed by atoms with E-state index in [0.717, 1.165) is 29.0 Å². The second-order valence-corrected chi connectivity index (χ2v) is 5.72. The van der Waals surface area contributed by atoms with E-state index in [4.69, 9.17) is 4.74 Å². The second kappa shape index (κ2) is 8.22. The van der Waals surface area contributed by atoms with E-state index in [9.17, 15) is 4.79 Å². The number of amides is 2. The normalized spacial score (nSPS) is 10.4. The van der Waals surface area contributed by atoms with E-state index in [0.29, 0.717) is 12.5 Å². The van der Waals surface area contributed by atoms with Gasteiger partial charge in [0.1, 0.15) is 5.75 Å². The number of carbonyl (C=O) groups excluding carboxylic acids is 1. The number of carbonyl (C=O) groups is 1. The molecule has 122 valence electrons. The molecule has 0 saturated carbocycles. The van der Waals surface area contributed by atoms with Crippen LogP contribution in [0.3, 0.4) is 0 Å². The van der Waals surface area contributed by atoms with Crippen molar-refractivity contribution in [3.8, 4) is 5.75 Å². The summed E-state index contributed by atoms with van der Waals surface area (Å²) >= 11 is 0. The van der Waals surface area contributed by atoms with E-state index in [-0.39, 0.29) is 6.03 Å². The number of hydrogen-bond acceptors (Lipinski definition) is 2. The van der Waals surface area contributed by atoms with Crippen molar-refractivity contribution < 1.29 is 9.53 Å². The number of urea groups is 1. The summed E-state index contributed by atoms with van der Waals surface area (Å²) < 4.78 is 5.13. The molecule has 4 nitrogen and oxygen atoms in total. The second-order valence-electron chi connectivity index (χ2n) is 5.72.